The number of nitrogens with one attached hydrogen (secondary N) is 1. The average Bonchev–Trinajstić information content (AvgIpc) is 3.07. The van der Waals surface area contributed by atoms with Crippen LogP contribution in [-0.4, -0.2) is 21.6 Å². The van der Waals surface area contributed by atoms with E-state index in [1.54, 1.807) is 12.3 Å². The molecular formula is C24H18Cl2N4O3. The molecule has 0 aliphatic rings. The van der Waals surface area contributed by atoms with Gasteiger partial charge in [-0.1, -0.05) is 53.5 Å². The van der Waals surface area contributed by atoms with Gasteiger partial charge in [-0.05, 0) is 36.8 Å². The van der Waals surface area contributed by atoms with E-state index in [1.807, 2.05) is 43.3 Å². The van der Waals surface area contributed by atoms with E-state index in [0.29, 0.717) is 16.6 Å². The zero-order valence-electron chi connectivity index (χ0n) is 17.5. The zero-order valence-corrected chi connectivity index (χ0v) is 19.0. The van der Waals surface area contributed by atoms with Gasteiger partial charge in [-0.2, -0.15) is 5.10 Å². The molecule has 4 rings (SSSR count). The molecule has 0 saturated heterocycles. The van der Waals surface area contributed by atoms with Crippen molar-refractivity contribution in [2.45, 2.75) is 13.5 Å². The van der Waals surface area contributed by atoms with Gasteiger partial charge in [0.2, 0.25) is 0 Å². The Morgan fingerprint density at radius 1 is 1.09 bits per heavy atom. The molecule has 0 bridgehead atoms. The Balaban J connectivity index is 1.61. The minimum Gasteiger partial charge on any atom is -0.340 e. The van der Waals surface area contributed by atoms with Gasteiger partial charge in [0.05, 0.1) is 21.2 Å². The van der Waals surface area contributed by atoms with Crippen molar-refractivity contribution in [3.63, 3.8) is 0 Å². The standard InChI is InChI=1S/C24H18Cl2N4O3/c1-15-20(13-27-28-24(31)17-5-4-6-18(12-17)30(32)33)19-7-2-3-8-23(19)29(15)14-16-9-10-21(25)22(26)11-16/h2-13H,14H2,1H3,(H,28,31)/b27-13+. The molecule has 3 aromatic carbocycles. The normalized spacial score (nSPS) is 11.2. The van der Waals surface area contributed by atoms with Crippen molar-refractivity contribution in [3.8, 4) is 0 Å². The van der Waals surface area contributed by atoms with E-state index < -0.39 is 10.8 Å². The van der Waals surface area contributed by atoms with E-state index in [0.717, 1.165) is 27.7 Å². The lowest BCUT2D eigenvalue weighted by atomic mass is 10.1. The summed E-state index contributed by atoms with van der Waals surface area (Å²) in [6, 6.07) is 18.9. The van der Waals surface area contributed by atoms with E-state index in [9.17, 15) is 14.9 Å². The summed E-state index contributed by atoms with van der Waals surface area (Å²) in [6.07, 6.45) is 1.58. The first-order valence-electron chi connectivity index (χ1n) is 9.95. The number of non-ortho nitro benzene ring substituents is 1. The highest BCUT2D eigenvalue weighted by molar-refractivity contribution is 6.42. The molecule has 0 radical (unpaired) electrons. The Morgan fingerprint density at radius 3 is 2.64 bits per heavy atom. The Bertz CT molecular complexity index is 1410. The van der Waals surface area contributed by atoms with Gasteiger partial charge in [-0.15, -0.1) is 0 Å². The van der Waals surface area contributed by atoms with Gasteiger partial charge in [0.25, 0.3) is 11.6 Å². The van der Waals surface area contributed by atoms with Crippen LogP contribution in [0.15, 0.2) is 71.8 Å². The molecule has 0 spiro atoms. The van der Waals surface area contributed by atoms with Crippen molar-refractivity contribution in [1.29, 1.82) is 0 Å². The molecule has 1 heterocycles. The number of carbonyl (C=O) groups is 1. The Morgan fingerprint density at radius 2 is 1.88 bits per heavy atom. The molecule has 33 heavy (non-hydrogen) atoms. The van der Waals surface area contributed by atoms with Crippen LogP contribution in [0.3, 0.4) is 0 Å². The first-order chi connectivity index (χ1) is 15.8. The fourth-order valence-electron chi connectivity index (χ4n) is 3.63. The summed E-state index contributed by atoms with van der Waals surface area (Å²) in [5.41, 5.74) is 6.25. The Labute approximate surface area is 199 Å². The predicted molar refractivity (Wildman–Crippen MR) is 130 cm³/mol. The summed E-state index contributed by atoms with van der Waals surface area (Å²) in [6.45, 7) is 2.55. The summed E-state index contributed by atoms with van der Waals surface area (Å²) in [5, 5.41) is 17.0. The molecular weight excluding hydrogens is 463 g/mol. The van der Waals surface area contributed by atoms with Gasteiger partial charge in [0, 0.05) is 46.4 Å². The van der Waals surface area contributed by atoms with Crippen LogP contribution in [0.1, 0.15) is 27.2 Å². The first-order valence-corrected chi connectivity index (χ1v) is 10.7. The maximum Gasteiger partial charge on any atom is 0.271 e. The average molecular weight is 481 g/mol. The van der Waals surface area contributed by atoms with Gasteiger partial charge < -0.3 is 4.57 Å². The molecule has 0 aliphatic carbocycles. The molecule has 0 fully saturated rings. The maximum absolute atomic E-state index is 12.4. The van der Waals surface area contributed by atoms with Gasteiger partial charge in [-0.25, -0.2) is 5.43 Å². The van der Waals surface area contributed by atoms with E-state index in [4.69, 9.17) is 23.2 Å². The van der Waals surface area contributed by atoms with Crippen LogP contribution in [0.25, 0.3) is 10.9 Å². The number of para-hydroxylation sites is 1. The van der Waals surface area contributed by atoms with Gasteiger partial charge in [0.1, 0.15) is 0 Å². The van der Waals surface area contributed by atoms with Gasteiger partial charge in [-0.3, -0.25) is 14.9 Å². The lowest BCUT2D eigenvalue weighted by molar-refractivity contribution is -0.384. The van der Waals surface area contributed by atoms with Crippen molar-refractivity contribution < 1.29 is 9.72 Å². The van der Waals surface area contributed by atoms with Crippen molar-refractivity contribution in [2.75, 3.05) is 0 Å². The van der Waals surface area contributed by atoms with Crippen LogP contribution in [-0.2, 0) is 6.54 Å². The summed E-state index contributed by atoms with van der Waals surface area (Å²) in [5.74, 6) is -0.535. The van der Waals surface area contributed by atoms with E-state index in [2.05, 4.69) is 15.1 Å². The number of amides is 1. The number of nitrogens with zero attached hydrogens (tertiary/aromatic N) is 3. The zero-order chi connectivity index (χ0) is 23.5. The summed E-state index contributed by atoms with van der Waals surface area (Å²) >= 11 is 12.2. The molecule has 0 saturated carbocycles. The quantitative estimate of drug-likeness (QED) is 0.209. The van der Waals surface area contributed by atoms with Crippen LogP contribution in [0.2, 0.25) is 10.0 Å². The molecule has 1 aromatic heterocycles. The molecule has 7 nitrogen and oxygen atoms in total. The number of hydrogen-bond acceptors (Lipinski definition) is 4. The molecule has 166 valence electrons. The summed E-state index contributed by atoms with van der Waals surface area (Å²) < 4.78 is 2.14. The third kappa shape index (κ3) is 4.74. The lowest BCUT2D eigenvalue weighted by Gasteiger charge is -2.09. The summed E-state index contributed by atoms with van der Waals surface area (Å²) in [4.78, 5) is 22.8. The van der Waals surface area contributed by atoms with Gasteiger partial charge in [0.15, 0.2) is 0 Å². The van der Waals surface area contributed by atoms with Crippen LogP contribution >= 0.6 is 23.2 Å². The highest BCUT2D eigenvalue weighted by atomic mass is 35.5. The number of nitro groups is 1. The van der Waals surface area contributed by atoms with E-state index in [-0.39, 0.29) is 11.3 Å². The number of benzene rings is 3. The number of fused-ring (bicyclic) bond motifs is 1. The van der Waals surface area contributed by atoms with Crippen molar-refractivity contribution in [2.24, 2.45) is 5.10 Å². The topological polar surface area (TPSA) is 89.5 Å². The van der Waals surface area contributed by atoms with Gasteiger partial charge >= 0.3 is 0 Å². The van der Waals surface area contributed by atoms with Crippen LogP contribution in [0, 0.1) is 17.0 Å². The molecule has 4 aromatic rings. The second-order valence-corrected chi connectivity index (χ2v) is 8.17. The second kappa shape index (κ2) is 9.44. The first kappa shape index (κ1) is 22.5. The predicted octanol–water partition coefficient (Wildman–Crippen LogP) is 5.98. The third-order valence-electron chi connectivity index (χ3n) is 5.28. The molecule has 0 atom stereocenters. The van der Waals surface area contributed by atoms with Crippen LogP contribution in [0.5, 0.6) is 0 Å². The highest BCUT2D eigenvalue weighted by Crippen LogP contribution is 2.28. The number of hydrazone groups is 1. The molecule has 1 N–H and O–H groups in total. The Hall–Kier alpha value is -3.68. The van der Waals surface area contributed by atoms with Crippen molar-refractivity contribution in [1.82, 2.24) is 9.99 Å². The van der Waals surface area contributed by atoms with Crippen molar-refractivity contribution in [3.05, 3.63) is 109 Å². The fourth-order valence-corrected chi connectivity index (χ4v) is 3.95. The monoisotopic (exact) mass is 480 g/mol. The fraction of sp³-hybridized carbons (Fsp3) is 0.0833. The highest BCUT2D eigenvalue weighted by Gasteiger charge is 2.14. The smallest absolute Gasteiger partial charge is 0.271 e. The number of hydrogen-bond donors (Lipinski definition) is 1. The number of carbonyl (C=O) groups excluding carboxylic acids is 1. The number of nitro benzene ring substituents is 1. The minimum absolute atomic E-state index is 0.153. The largest absolute Gasteiger partial charge is 0.340 e. The molecule has 0 unspecified atom stereocenters. The number of halogens is 2. The molecule has 9 heteroatoms. The lowest BCUT2D eigenvalue weighted by Crippen LogP contribution is -2.17. The maximum atomic E-state index is 12.4. The molecule has 0 aliphatic heterocycles. The van der Waals surface area contributed by atoms with E-state index >= 15 is 0 Å². The number of aromatic nitrogens is 1. The summed E-state index contributed by atoms with van der Waals surface area (Å²) in [7, 11) is 0. The molecule has 1 amide bonds. The van der Waals surface area contributed by atoms with Crippen LogP contribution < -0.4 is 5.43 Å². The van der Waals surface area contributed by atoms with E-state index in [1.165, 1.54) is 24.3 Å². The third-order valence-corrected chi connectivity index (χ3v) is 6.02. The van der Waals surface area contributed by atoms with Crippen LogP contribution in [0.4, 0.5) is 5.69 Å². The second-order valence-electron chi connectivity index (χ2n) is 7.36. The Kier molecular flexibility index (Phi) is 6.44. The SMILES string of the molecule is Cc1c(/C=N/NC(=O)c2cccc([N+](=O)[O-])c2)c2ccccc2n1Cc1ccc(Cl)c(Cl)c1. The minimum atomic E-state index is -0.549. The van der Waals surface area contributed by atoms with Crippen molar-refractivity contribution >= 4 is 51.9 Å². The number of rotatable bonds is 6.